The fourth-order valence-electron chi connectivity index (χ4n) is 1.86. The fraction of sp³-hybridized carbons (Fsp3) is 0.312. The molecular formula is C16H17ClN4OS2. The molecule has 0 saturated heterocycles. The van der Waals surface area contributed by atoms with E-state index in [1.54, 1.807) is 29.4 Å². The van der Waals surface area contributed by atoms with Crippen molar-refractivity contribution in [1.29, 1.82) is 0 Å². The van der Waals surface area contributed by atoms with Crippen molar-refractivity contribution in [3.05, 3.63) is 41.2 Å². The van der Waals surface area contributed by atoms with Gasteiger partial charge < -0.3 is 9.73 Å². The van der Waals surface area contributed by atoms with Gasteiger partial charge in [-0.25, -0.2) is 4.98 Å². The highest BCUT2D eigenvalue weighted by atomic mass is 35.5. The molecule has 3 aromatic rings. The summed E-state index contributed by atoms with van der Waals surface area (Å²) in [7, 11) is 0. The van der Waals surface area contributed by atoms with Gasteiger partial charge >= 0.3 is 0 Å². The lowest BCUT2D eigenvalue weighted by molar-refractivity contribution is 0.573. The third-order valence-electron chi connectivity index (χ3n) is 3.05. The molecule has 5 nitrogen and oxygen atoms in total. The maximum Gasteiger partial charge on any atom is 0.226 e. The maximum atomic E-state index is 5.89. The zero-order valence-corrected chi connectivity index (χ0v) is 15.7. The van der Waals surface area contributed by atoms with E-state index in [0.717, 1.165) is 27.3 Å². The van der Waals surface area contributed by atoms with Gasteiger partial charge in [-0.2, -0.15) is 0 Å². The minimum Gasteiger partial charge on any atom is -0.444 e. The minimum atomic E-state index is 0.575. The molecule has 3 rings (SSSR count). The molecule has 0 aliphatic heterocycles. The summed E-state index contributed by atoms with van der Waals surface area (Å²) in [5.41, 5.74) is 1.78. The van der Waals surface area contributed by atoms with Crippen LogP contribution in [0.3, 0.4) is 0 Å². The van der Waals surface area contributed by atoms with Gasteiger partial charge in [-0.05, 0) is 30.2 Å². The summed E-state index contributed by atoms with van der Waals surface area (Å²) in [5.74, 6) is 1.86. The molecule has 0 atom stereocenters. The molecule has 0 fully saturated rings. The van der Waals surface area contributed by atoms with Gasteiger partial charge in [0, 0.05) is 22.9 Å². The smallest absolute Gasteiger partial charge is 0.226 e. The van der Waals surface area contributed by atoms with Crippen molar-refractivity contribution in [3.63, 3.8) is 0 Å². The summed E-state index contributed by atoms with van der Waals surface area (Å²) in [6.07, 6.45) is 1.68. The third kappa shape index (κ3) is 4.72. The van der Waals surface area contributed by atoms with E-state index in [1.165, 1.54) is 0 Å². The SMILES string of the molecule is CC(C)CNc1nnc(SCc2coc(-c3ccc(Cl)cc3)n2)s1. The van der Waals surface area contributed by atoms with Crippen molar-refractivity contribution in [1.82, 2.24) is 15.2 Å². The molecule has 2 heterocycles. The molecule has 126 valence electrons. The highest BCUT2D eigenvalue weighted by molar-refractivity contribution is 8.00. The molecule has 0 aliphatic carbocycles. The summed E-state index contributed by atoms with van der Waals surface area (Å²) >= 11 is 9.05. The molecule has 2 aromatic heterocycles. The largest absolute Gasteiger partial charge is 0.444 e. The van der Waals surface area contributed by atoms with Crippen LogP contribution >= 0.6 is 34.7 Å². The van der Waals surface area contributed by atoms with E-state index in [2.05, 4.69) is 34.3 Å². The molecule has 0 radical (unpaired) electrons. The van der Waals surface area contributed by atoms with Gasteiger partial charge in [-0.15, -0.1) is 10.2 Å². The minimum absolute atomic E-state index is 0.575. The van der Waals surface area contributed by atoms with Crippen LogP contribution in [0.1, 0.15) is 19.5 Å². The zero-order chi connectivity index (χ0) is 16.9. The van der Waals surface area contributed by atoms with E-state index in [-0.39, 0.29) is 0 Å². The van der Waals surface area contributed by atoms with Crippen molar-refractivity contribution in [2.45, 2.75) is 23.9 Å². The number of rotatable bonds is 7. The quantitative estimate of drug-likeness (QED) is 0.568. The topological polar surface area (TPSA) is 63.8 Å². The molecule has 0 saturated carbocycles. The third-order valence-corrected chi connectivity index (χ3v) is 5.35. The number of anilines is 1. The Morgan fingerprint density at radius 2 is 2.04 bits per heavy atom. The van der Waals surface area contributed by atoms with Crippen molar-refractivity contribution in [2.75, 3.05) is 11.9 Å². The average molecular weight is 381 g/mol. The Morgan fingerprint density at radius 1 is 1.25 bits per heavy atom. The molecule has 0 amide bonds. The van der Waals surface area contributed by atoms with E-state index >= 15 is 0 Å². The molecule has 0 aliphatic rings. The highest BCUT2D eigenvalue weighted by Gasteiger charge is 2.10. The van der Waals surface area contributed by atoms with Gasteiger partial charge in [0.2, 0.25) is 11.0 Å². The number of aromatic nitrogens is 3. The molecule has 0 unspecified atom stereocenters. The number of hydrogen-bond donors (Lipinski definition) is 1. The highest BCUT2D eigenvalue weighted by Crippen LogP contribution is 2.29. The normalized spacial score (nSPS) is 11.2. The van der Waals surface area contributed by atoms with Crippen LogP contribution in [-0.4, -0.2) is 21.7 Å². The van der Waals surface area contributed by atoms with E-state index in [4.69, 9.17) is 16.0 Å². The first-order valence-electron chi connectivity index (χ1n) is 7.50. The second-order valence-corrected chi connectivity index (χ2v) is 8.22. The van der Waals surface area contributed by atoms with Gasteiger partial charge in [-0.3, -0.25) is 0 Å². The van der Waals surface area contributed by atoms with Gasteiger partial charge in [0.15, 0.2) is 4.34 Å². The summed E-state index contributed by atoms with van der Waals surface area (Å²) in [5, 5.41) is 13.1. The van der Waals surface area contributed by atoms with Crippen LogP contribution < -0.4 is 5.32 Å². The summed E-state index contributed by atoms with van der Waals surface area (Å²) in [6, 6.07) is 7.43. The van der Waals surface area contributed by atoms with E-state index < -0.39 is 0 Å². The molecule has 0 bridgehead atoms. The molecule has 1 N–H and O–H groups in total. The number of thioether (sulfide) groups is 1. The van der Waals surface area contributed by atoms with Gasteiger partial charge in [0.25, 0.3) is 0 Å². The number of hydrogen-bond acceptors (Lipinski definition) is 7. The van der Waals surface area contributed by atoms with Crippen LogP contribution in [-0.2, 0) is 5.75 Å². The summed E-state index contributed by atoms with van der Waals surface area (Å²) < 4.78 is 6.45. The van der Waals surface area contributed by atoms with Crippen LogP contribution in [0.15, 0.2) is 39.3 Å². The zero-order valence-electron chi connectivity index (χ0n) is 13.3. The summed E-state index contributed by atoms with van der Waals surface area (Å²) in [6.45, 7) is 5.21. The fourth-order valence-corrected chi connectivity index (χ4v) is 3.63. The van der Waals surface area contributed by atoms with E-state index in [0.29, 0.717) is 22.6 Å². The summed E-state index contributed by atoms with van der Waals surface area (Å²) in [4.78, 5) is 4.50. The predicted octanol–water partition coefficient (Wildman–Crippen LogP) is 5.21. The van der Waals surface area contributed by atoms with Crippen LogP contribution in [0.5, 0.6) is 0 Å². The molecular weight excluding hydrogens is 364 g/mol. The maximum absolute atomic E-state index is 5.89. The number of halogens is 1. The number of benzene rings is 1. The first kappa shape index (κ1) is 17.3. The number of nitrogens with zero attached hydrogens (tertiary/aromatic N) is 3. The lowest BCUT2D eigenvalue weighted by atomic mass is 10.2. The first-order valence-corrected chi connectivity index (χ1v) is 9.68. The Labute approximate surface area is 153 Å². The van der Waals surface area contributed by atoms with Crippen molar-refractivity contribution >= 4 is 39.8 Å². The van der Waals surface area contributed by atoms with Crippen LogP contribution in [0, 0.1) is 5.92 Å². The second kappa shape index (κ2) is 8.00. The Balaban J connectivity index is 1.56. The Kier molecular flexibility index (Phi) is 5.76. The van der Waals surface area contributed by atoms with E-state index in [9.17, 15) is 0 Å². The Morgan fingerprint density at radius 3 is 2.79 bits per heavy atom. The molecule has 24 heavy (non-hydrogen) atoms. The van der Waals surface area contributed by atoms with Crippen molar-refractivity contribution in [3.8, 4) is 11.5 Å². The van der Waals surface area contributed by atoms with Crippen LogP contribution in [0.4, 0.5) is 5.13 Å². The standard InChI is InChI=1S/C16H17ClN4OS2/c1-10(2)7-18-15-20-21-16(24-15)23-9-13-8-22-14(19-13)11-3-5-12(17)6-4-11/h3-6,8,10H,7,9H2,1-2H3,(H,18,20). The average Bonchev–Trinajstić information content (AvgIpc) is 3.21. The number of oxazole rings is 1. The Bertz CT molecular complexity index is 785. The Hall–Kier alpha value is -1.57. The van der Waals surface area contributed by atoms with Gasteiger partial charge in [0.05, 0.1) is 5.69 Å². The second-order valence-electron chi connectivity index (χ2n) is 5.59. The number of nitrogens with one attached hydrogen (secondary N) is 1. The van der Waals surface area contributed by atoms with Crippen molar-refractivity contribution < 1.29 is 4.42 Å². The monoisotopic (exact) mass is 380 g/mol. The van der Waals surface area contributed by atoms with Crippen molar-refractivity contribution in [2.24, 2.45) is 5.92 Å². The molecule has 0 spiro atoms. The first-order chi connectivity index (χ1) is 11.6. The van der Waals surface area contributed by atoms with Crippen LogP contribution in [0.2, 0.25) is 5.02 Å². The lowest BCUT2D eigenvalue weighted by Crippen LogP contribution is -2.07. The molecule has 8 heteroatoms. The predicted molar refractivity (Wildman–Crippen MR) is 99.7 cm³/mol. The van der Waals surface area contributed by atoms with Gasteiger partial charge in [-0.1, -0.05) is 48.5 Å². The van der Waals surface area contributed by atoms with E-state index in [1.807, 2.05) is 24.3 Å². The molecule has 1 aromatic carbocycles. The van der Waals surface area contributed by atoms with Gasteiger partial charge in [0.1, 0.15) is 6.26 Å². The van der Waals surface area contributed by atoms with Crippen LogP contribution in [0.25, 0.3) is 11.5 Å². The lowest BCUT2D eigenvalue weighted by Gasteiger charge is -2.03.